The Balaban J connectivity index is 1.56. The second-order valence-corrected chi connectivity index (χ2v) is 7.42. The summed E-state index contributed by atoms with van der Waals surface area (Å²) >= 11 is 1.44. The van der Waals surface area contributed by atoms with E-state index in [0.717, 1.165) is 16.9 Å². The normalized spacial score (nSPS) is 10.9. The number of hydrogen-bond donors (Lipinski definition) is 1. The monoisotopic (exact) mass is 436 g/mol. The van der Waals surface area contributed by atoms with Gasteiger partial charge < -0.3 is 10.1 Å². The van der Waals surface area contributed by atoms with Gasteiger partial charge in [0.1, 0.15) is 5.69 Å². The first-order chi connectivity index (χ1) is 15.1. The number of methoxy groups -OCH3 is 1. The summed E-state index contributed by atoms with van der Waals surface area (Å²) in [4.78, 5) is 12.9. The van der Waals surface area contributed by atoms with Crippen LogP contribution in [0.2, 0.25) is 0 Å². The van der Waals surface area contributed by atoms with Crippen molar-refractivity contribution in [3.63, 3.8) is 0 Å². The summed E-state index contributed by atoms with van der Waals surface area (Å²) < 4.78 is 8.53. The van der Waals surface area contributed by atoms with E-state index in [0.29, 0.717) is 16.5 Å². The number of amides is 1. The molecule has 31 heavy (non-hydrogen) atoms. The van der Waals surface area contributed by atoms with Crippen molar-refractivity contribution in [2.24, 2.45) is 0 Å². The van der Waals surface area contributed by atoms with Gasteiger partial charge in [-0.3, -0.25) is 4.79 Å². The number of thioether (sulfide) groups is 1. The number of nitrogens with zero attached hydrogens (tertiary/aromatic N) is 7. The maximum Gasteiger partial charge on any atom is 0.278 e. The molecule has 0 spiro atoms. The zero-order valence-corrected chi connectivity index (χ0v) is 18.0. The standard InChI is InChI=1S/C20H20N8O2S/c1-13-4-8-15(9-5-13)27-17(12-30-2)18(22-25-27)19(29)21-14-6-10-16(11-7-14)28-20(31-3)23-24-26-28/h4-11H,12H2,1-3H3,(H,21,29). The molecule has 158 valence electrons. The molecule has 0 bridgehead atoms. The van der Waals surface area contributed by atoms with Gasteiger partial charge in [0.05, 0.1) is 18.0 Å². The Morgan fingerprint density at radius 2 is 1.68 bits per heavy atom. The minimum Gasteiger partial charge on any atom is -0.378 e. The zero-order valence-electron chi connectivity index (χ0n) is 17.2. The van der Waals surface area contributed by atoms with E-state index in [1.807, 2.05) is 49.6 Å². The third-order valence-corrected chi connectivity index (χ3v) is 5.15. The molecule has 4 aromatic rings. The van der Waals surface area contributed by atoms with Crippen molar-refractivity contribution in [2.75, 3.05) is 18.7 Å². The highest BCUT2D eigenvalue weighted by atomic mass is 32.2. The molecule has 0 aliphatic heterocycles. The second-order valence-electron chi connectivity index (χ2n) is 6.64. The first-order valence-corrected chi connectivity index (χ1v) is 10.6. The Labute approximate surface area is 182 Å². The predicted molar refractivity (Wildman–Crippen MR) is 116 cm³/mol. The van der Waals surface area contributed by atoms with E-state index in [2.05, 4.69) is 31.2 Å². The van der Waals surface area contributed by atoms with Gasteiger partial charge in [0.25, 0.3) is 5.91 Å². The van der Waals surface area contributed by atoms with Crippen LogP contribution in [0, 0.1) is 6.92 Å². The number of anilines is 1. The summed E-state index contributed by atoms with van der Waals surface area (Å²) in [6.07, 6.45) is 1.90. The lowest BCUT2D eigenvalue weighted by atomic mass is 10.2. The zero-order chi connectivity index (χ0) is 21.8. The van der Waals surface area contributed by atoms with Gasteiger partial charge in [0.2, 0.25) is 5.16 Å². The minimum atomic E-state index is -0.370. The molecule has 0 saturated heterocycles. The number of carbonyl (C=O) groups is 1. The van der Waals surface area contributed by atoms with Crippen LogP contribution >= 0.6 is 11.8 Å². The molecule has 0 radical (unpaired) electrons. The first kappa shape index (κ1) is 20.7. The van der Waals surface area contributed by atoms with E-state index in [1.165, 1.54) is 11.8 Å². The molecule has 2 aromatic heterocycles. The van der Waals surface area contributed by atoms with Crippen LogP contribution in [0.3, 0.4) is 0 Å². The lowest BCUT2D eigenvalue weighted by Gasteiger charge is -2.09. The molecule has 2 heterocycles. The molecule has 0 unspecified atom stereocenters. The third kappa shape index (κ3) is 4.32. The van der Waals surface area contributed by atoms with Crippen LogP contribution in [0.4, 0.5) is 5.69 Å². The van der Waals surface area contributed by atoms with Crippen LogP contribution in [0.15, 0.2) is 53.7 Å². The fourth-order valence-corrected chi connectivity index (χ4v) is 3.42. The third-order valence-electron chi connectivity index (χ3n) is 4.53. The van der Waals surface area contributed by atoms with E-state index in [-0.39, 0.29) is 18.2 Å². The number of rotatable bonds is 7. The fourth-order valence-electron chi connectivity index (χ4n) is 2.98. The second kappa shape index (κ2) is 9.06. The van der Waals surface area contributed by atoms with E-state index >= 15 is 0 Å². The lowest BCUT2D eigenvalue weighted by Crippen LogP contribution is -2.16. The van der Waals surface area contributed by atoms with E-state index in [9.17, 15) is 4.79 Å². The average Bonchev–Trinajstić information content (AvgIpc) is 3.42. The molecule has 0 fully saturated rings. The SMILES string of the molecule is COCc1c(C(=O)Nc2ccc(-n3nnnc3SC)cc2)nnn1-c1ccc(C)cc1. The van der Waals surface area contributed by atoms with Crippen LogP contribution in [0.25, 0.3) is 11.4 Å². The molecule has 10 nitrogen and oxygen atoms in total. The van der Waals surface area contributed by atoms with Gasteiger partial charge in [-0.05, 0) is 60.0 Å². The Kier molecular flexibility index (Phi) is 6.05. The Bertz CT molecular complexity index is 1180. The Hall–Kier alpha value is -3.57. The average molecular weight is 437 g/mol. The largest absolute Gasteiger partial charge is 0.378 e. The van der Waals surface area contributed by atoms with Crippen molar-refractivity contribution in [1.82, 2.24) is 35.2 Å². The van der Waals surface area contributed by atoms with Crippen LogP contribution in [-0.2, 0) is 11.3 Å². The summed E-state index contributed by atoms with van der Waals surface area (Å²) in [5.74, 6) is -0.370. The van der Waals surface area contributed by atoms with E-state index < -0.39 is 0 Å². The van der Waals surface area contributed by atoms with Gasteiger partial charge in [-0.2, -0.15) is 4.68 Å². The molecular weight excluding hydrogens is 416 g/mol. The van der Waals surface area contributed by atoms with Crippen LogP contribution in [-0.4, -0.2) is 54.5 Å². The van der Waals surface area contributed by atoms with Crippen molar-refractivity contribution in [3.8, 4) is 11.4 Å². The van der Waals surface area contributed by atoms with Gasteiger partial charge in [-0.15, -0.1) is 10.2 Å². The van der Waals surface area contributed by atoms with Crippen molar-refractivity contribution in [1.29, 1.82) is 0 Å². The molecule has 2 aromatic carbocycles. The van der Waals surface area contributed by atoms with Crippen molar-refractivity contribution >= 4 is 23.4 Å². The van der Waals surface area contributed by atoms with Gasteiger partial charge in [-0.25, -0.2) is 4.68 Å². The summed E-state index contributed by atoms with van der Waals surface area (Å²) in [6, 6.07) is 15.0. The molecule has 0 aliphatic carbocycles. The van der Waals surface area contributed by atoms with Gasteiger partial charge in [0, 0.05) is 12.8 Å². The van der Waals surface area contributed by atoms with Crippen LogP contribution < -0.4 is 5.32 Å². The molecule has 0 aliphatic rings. The summed E-state index contributed by atoms with van der Waals surface area (Å²) in [5, 5.41) is 23.4. The number of benzene rings is 2. The minimum absolute atomic E-state index is 0.194. The Morgan fingerprint density at radius 1 is 1.00 bits per heavy atom. The summed E-state index contributed by atoms with van der Waals surface area (Å²) in [7, 11) is 1.56. The van der Waals surface area contributed by atoms with Crippen molar-refractivity contribution < 1.29 is 9.53 Å². The molecule has 1 N–H and O–H groups in total. The fraction of sp³-hybridized carbons (Fsp3) is 0.200. The maximum absolute atomic E-state index is 12.9. The molecule has 11 heteroatoms. The molecule has 0 saturated carbocycles. The number of ether oxygens (including phenoxy) is 1. The number of aryl methyl sites for hydroxylation is 1. The number of tetrazole rings is 1. The van der Waals surface area contributed by atoms with Gasteiger partial charge in [0.15, 0.2) is 5.69 Å². The number of nitrogens with one attached hydrogen (secondary N) is 1. The predicted octanol–water partition coefficient (Wildman–Crippen LogP) is 2.67. The van der Waals surface area contributed by atoms with Crippen molar-refractivity contribution in [3.05, 3.63) is 65.5 Å². The number of aromatic nitrogens is 7. The van der Waals surface area contributed by atoms with E-state index in [1.54, 1.807) is 28.6 Å². The van der Waals surface area contributed by atoms with E-state index in [4.69, 9.17) is 4.74 Å². The first-order valence-electron chi connectivity index (χ1n) is 9.35. The molecule has 4 rings (SSSR count). The highest BCUT2D eigenvalue weighted by Crippen LogP contribution is 2.19. The highest BCUT2D eigenvalue weighted by Gasteiger charge is 2.21. The molecule has 0 atom stereocenters. The van der Waals surface area contributed by atoms with Crippen LogP contribution in [0.5, 0.6) is 0 Å². The lowest BCUT2D eigenvalue weighted by molar-refractivity contribution is 0.101. The highest BCUT2D eigenvalue weighted by molar-refractivity contribution is 7.98. The summed E-state index contributed by atoms with van der Waals surface area (Å²) in [5.41, 5.74) is 4.11. The molecular formula is C20H20N8O2S. The maximum atomic E-state index is 12.9. The number of carbonyl (C=O) groups excluding carboxylic acids is 1. The number of hydrogen-bond acceptors (Lipinski definition) is 8. The topological polar surface area (TPSA) is 113 Å². The Morgan fingerprint density at radius 3 is 2.35 bits per heavy atom. The summed E-state index contributed by atoms with van der Waals surface area (Å²) in [6.45, 7) is 2.20. The van der Waals surface area contributed by atoms with Crippen molar-refractivity contribution in [2.45, 2.75) is 18.7 Å². The van der Waals surface area contributed by atoms with Gasteiger partial charge >= 0.3 is 0 Å². The smallest absolute Gasteiger partial charge is 0.278 e. The molecule has 1 amide bonds. The van der Waals surface area contributed by atoms with Gasteiger partial charge in [-0.1, -0.05) is 34.7 Å². The quantitative estimate of drug-likeness (QED) is 0.440. The van der Waals surface area contributed by atoms with Crippen LogP contribution in [0.1, 0.15) is 21.7 Å².